The first-order chi connectivity index (χ1) is 18.4. The van der Waals surface area contributed by atoms with Gasteiger partial charge in [-0.05, 0) is 48.4 Å². The van der Waals surface area contributed by atoms with Crippen molar-refractivity contribution in [1.82, 2.24) is 20.1 Å². The predicted octanol–water partition coefficient (Wildman–Crippen LogP) is 5.31. The van der Waals surface area contributed by atoms with E-state index in [4.69, 9.17) is 4.74 Å². The van der Waals surface area contributed by atoms with Gasteiger partial charge in [0.15, 0.2) is 17.6 Å². The van der Waals surface area contributed by atoms with E-state index in [0.29, 0.717) is 23.4 Å². The van der Waals surface area contributed by atoms with Crippen LogP contribution < -0.4 is 15.4 Å². The minimum atomic E-state index is -0.240. The topological polar surface area (TPSA) is 98.1 Å². The maximum Gasteiger partial charge on any atom is 0.258 e. The van der Waals surface area contributed by atoms with Crippen molar-refractivity contribution >= 4 is 40.0 Å². The first-order valence-corrected chi connectivity index (χ1v) is 13.7. The van der Waals surface area contributed by atoms with E-state index in [9.17, 15) is 9.59 Å². The lowest BCUT2D eigenvalue weighted by Crippen LogP contribution is -2.29. The number of aromatic nitrogens is 3. The number of amides is 2. The van der Waals surface area contributed by atoms with Crippen LogP contribution in [0, 0.1) is 6.92 Å². The van der Waals surface area contributed by atoms with Gasteiger partial charge in [-0.25, -0.2) is 0 Å². The average molecular weight is 532 g/mol. The Balaban J connectivity index is 1.30. The number of carbonyl (C=O) groups is 2. The Labute approximate surface area is 227 Å². The molecule has 1 heterocycles. The molecule has 198 valence electrons. The second-order valence-electron chi connectivity index (χ2n) is 9.27. The molecule has 9 heteroatoms. The van der Waals surface area contributed by atoms with Crippen LogP contribution in [0.1, 0.15) is 43.6 Å². The summed E-state index contributed by atoms with van der Waals surface area (Å²) in [6.07, 6.45) is 0. The maximum atomic E-state index is 12.7. The second kappa shape index (κ2) is 12.6. The van der Waals surface area contributed by atoms with Crippen molar-refractivity contribution in [1.29, 1.82) is 0 Å². The smallest absolute Gasteiger partial charge is 0.258 e. The lowest BCUT2D eigenvalue weighted by Gasteiger charge is -2.15. The van der Waals surface area contributed by atoms with Crippen molar-refractivity contribution in [2.24, 2.45) is 0 Å². The Morgan fingerprint density at radius 1 is 1.03 bits per heavy atom. The third kappa shape index (κ3) is 6.72. The summed E-state index contributed by atoms with van der Waals surface area (Å²) in [6.45, 7) is 8.91. The predicted molar refractivity (Wildman–Crippen MR) is 152 cm³/mol. The van der Waals surface area contributed by atoms with Gasteiger partial charge < -0.3 is 19.9 Å². The van der Waals surface area contributed by atoms with Crippen molar-refractivity contribution in [3.8, 4) is 5.75 Å². The molecule has 0 fully saturated rings. The third-order valence-corrected chi connectivity index (χ3v) is 7.07. The van der Waals surface area contributed by atoms with E-state index in [-0.39, 0.29) is 30.7 Å². The SMILES string of the molecule is CCn1c(CNC(=O)COc2cc(C)ccc2C(C)C)nnc1SCC(=O)Nc1cccc2ccccc12. The number of anilines is 1. The molecular formula is C29H33N5O3S. The highest BCUT2D eigenvalue weighted by Gasteiger charge is 2.15. The summed E-state index contributed by atoms with van der Waals surface area (Å²) in [6, 6.07) is 19.8. The first-order valence-electron chi connectivity index (χ1n) is 12.7. The molecule has 0 atom stereocenters. The van der Waals surface area contributed by atoms with Crippen LogP contribution in [0.5, 0.6) is 5.75 Å². The van der Waals surface area contributed by atoms with Gasteiger partial charge in [0.05, 0.1) is 12.3 Å². The number of nitrogens with zero attached hydrogens (tertiary/aromatic N) is 3. The molecule has 3 aromatic carbocycles. The van der Waals surface area contributed by atoms with Crippen LogP contribution in [-0.4, -0.2) is 38.9 Å². The zero-order valence-corrected chi connectivity index (χ0v) is 23.0. The maximum absolute atomic E-state index is 12.7. The Morgan fingerprint density at radius 3 is 2.61 bits per heavy atom. The summed E-state index contributed by atoms with van der Waals surface area (Å²) >= 11 is 1.31. The molecule has 0 aliphatic carbocycles. The van der Waals surface area contributed by atoms with Crippen LogP contribution in [0.2, 0.25) is 0 Å². The van der Waals surface area contributed by atoms with E-state index in [2.05, 4.69) is 34.7 Å². The zero-order chi connectivity index (χ0) is 27.1. The highest BCUT2D eigenvalue weighted by molar-refractivity contribution is 7.99. The van der Waals surface area contributed by atoms with Gasteiger partial charge in [0.1, 0.15) is 5.75 Å². The molecule has 0 aliphatic rings. The summed E-state index contributed by atoms with van der Waals surface area (Å²) in [5.41, 5.74) is 2.93. The van der Waals surface area contributed by atoms with Crippen molar-refractivity contribution in [3.05, 3.63) is 77.6 Å². The summed E-state index contributed by atoms with van der Waals surface area (Å²) in [5, 5.41) is 17.0. The summed E-state index contributed by atoms with van der Waals surface area (Å²) in [4.78, 5) is 25.2. The third-order valence-electron chi connectivity index (χ3n) is 6.10. The number of fused-ring (bicyclic) bond motifs is 1. The van der Waals surface area contributed by atoms with E-state index in [1.807, 2.05) is 79.1 Å². The molecule has 2 amide bonds. The summed E-state index contributed by atoms with van der Waals surface area (Å²) in [7, 11) is 0. The fourth-order valence-electron chi connectivity index (χ4n) is 4.14. The Morgan fingerprint density at radius 2 is 1.82 bits per heavy atom. The lowest BCUT2D eigenvalue weighted by molar-refractivity contribution is -0.123. The molecule has 0 unspecified atom stereocenters. The number of aryl methyl sites for hydroxylation is 1. The molecule has 4 aromatic rings. The molecule has 1 aromatic heterocycles. The van der Waals surface area contributed by atoms with E-state index in [1.54, 1.807) is 0 Å². The number of hydrogen-bond acceptors (Lipinski definition) is 6. The fraction of sp³-hybridized carbons (Fsp3) is 0.310. The molecule has 2 N–H and O–H groups in total. The molecule has 0 saturated heterocycles. The van der Waals surface area contributed by atoms with Crippen LogP contribution in [-0.2, 0) is 22.7 Å². The van der Waals surface area contributed by atoms with Crippen molar-refractivity contribution < 1.29 is 14.3 Å². The normalized spacial score (nSPS) is 11.1. The molecule has 8 nitrogen and oxygen atoms in total. The van der Waals surface area contributed by atoms with Gasteiger partial charge in [-0.3, -0.25) is 9.59 Å². The Bertz CT molecular complexity index is 1430. The van der Waals surface area contributed by atoms with Crippen LogP contribution in [0.4, 0.5) is 5.69 Å². The van der Waals surface area contributed by atoms with Gasteiger partial charge in [0.25, 0.3) is 5.91 Å². The molecule has 0 bridgehead atoms. The summed E-state index contributed by atoms with van der Waals surface area (Å²) in [5.74, 6) is 1.47. The average Bonchev–Trinajstić information content (AvgIpc) is 3.31. The van der Waals surface area contributed by atoms with Crippen LogP contribution >= 0.6 is 11.8 Å². The molecule has 0 saturated carbocycles. The van der Waals surface area contributed by atoms with Crippen LogP contribution in [0.25, 0.3) is 10.8 Å². The number of rotatable bonds is 11. The standard InChI is InChI=1S/C29H33N5O3S/c1-5-34-26(16-30-27(35)17-37-25-15-20(4)13-14-22(25)19(2)3)32-33-29(34)38-18-28(36)31-24-12-8-10-21-9-6-7-11-23(21)24/h6-15,19H,5,16-18H2,1-4H3,(H,30,35)(H,31,36). The Kier molecular flexibility index (Phi) is 9.02. The lowest BCUT2D eigenvalue weighted by atomic mass is 10.0. The van der Waals surface area contributed by atoms with Gasteiger partial charge in [-0.1, -0.05) is 74.1 Å². The number of hydrogen-bond donors (Lipinski definition) is 2. The zero-order valence-electron chi connectivity index (χ0n) is 22.2. The highest BCUT2D eigenvalue weighted by atomic mass is 32.2. The minimum absolute atomic E-state index is 0.0839. The fourth-order valence-corrected chi connectivity index (χ4v) is 4.96. The van der Waals surface area contributed by atoms with Crippen molar-refractivity contribution in [2.75, 3.05) is 17.7 Å². The van der Waals surface area contributed by atoms with Crippen molar-refractivity contribution in [3.63, 3.8) is 0 Å². The molecule has 38 heavy (non-hydrogen) atoms. The Hall–Kier alpha value is -3.85. The van der Waals surface area contributed by atoms with Gasteiger partial charge in [-0.15, -0.1) is 10.2 Å². The first kappa shape index (κ1) is 27.2. The monoisotopic (exact) mass is 531 g/mol. The number of carbonyl (C=O) groups excluding carboxylic acids is 2. The largest absolute Gasteiger partial charge is 0.483 e. The molecular weight excluding hydrogens is 498 g/mol. The number of ether oxygens (including phenoxy) is 1. The van der Waals surface area contributed by atoms with Crippen LogP contribution in [0.15, 0.2) is 65.8 Å². The number of nitrogens with one attached hydrogen (secondary N) is 2. The highest BCUT2D eigenvalue weighted by Crippen LogP contribution is 2.27. The summed E-state index contributed by atoms with van der Waals surface area (Å²) < 4.78 is 7.73. The number of benzene rings is 3. The molecule has 0 aliphatic heterocycles. The van der Waals surface area contributed by atoms with Crippen molar-refractivity contribution in [2.45, 2.75) is 51.9 Å². The van der Waals surface area contributed by atoms with Gasteiger partial charge >= 0.3 is 0 Å². The van der Waals surface area contributed by atoms with E-state index < -0.39 is 0 Å². The minimum Gasteiger partial charge on any atom is -0.483 e. The van der Waals surface area contributed by atoms with Gasteiger partial charge in [0.2, 0.25) is 5.91 Å². The van der Waals surface area contributed by atoms with E-state index in [0.717, 1.165) is 33.3 Å². The molecule has 4 rings (SSSR count). The van der Waals surface area contributed by atoms with E-state index >= 15 is 0 Å². The van der Waals surface area contributed by atoms with E-state index in [1.165, 1.54) is 11.8 Å². The second-order valence-corrected chi connectivity index (χ2v) is 10.2. The quantitative estimate of drug-likeness (QED) is 0.255. The molecule has 0 radical (unpaired) electrons. The molecule has 0 spiro atoms. The van der Waals surface area contributed by atoms with Crippen LogP contribution in [0.3, 0.4) is 0 Å². The van der Waals surface area contributed by atoms with Gasteiger partial charge in [0, 0.05) is 17.6 Å². The number of thioether (sulfide) groups is 1. The van der Waals surface area contributed by atoms with Gasteiger partial charge in [-0.2, -0.15) is 0 Å².